The van der Waals surface area contributed by atoms with Crippen LogP contribution in [0.25, 0.3) is 21.9 Å². The lowest BCUT2D eigenvalue weighted by atomic mass is 9.31. The summed E-state index contributed by atoms with van der Waals surface area (Å²) in [5.41, 5.74) is 12.5. The predicted molar refractivity (Wildman–Crippen MR) is 252 cm³/mol. The fraction of sp³-hybridized carbons (Fsp3) is 0.0357. The van der Waals surface area contributed by atoms with Crippen LogP contribution in [0.3, 0.4) is 0 Å². The first kappa shape index (κ1) is 35.2. The van der Waals surface area contributed by atoms with E-state index in [1.165, 1.54) is 22.1 Å². The van der Waals surface area contributed by atoms with Crippen molar-refractivity contribution in [3.8, 4) is 28.4 Å². The highest BCUT2D eigenvalue weighted by Gasteiger charge is 2.48. The second kappa shape index (κ2) is 14.5. The molecular formula is C56H39BN2O2. The molecule has 61 heavy (non-hydrogen) atoms. The van der Waals surface area contributed by atoms with E-state index < -0.39 is 0 Å². The Balaban J connectivity index is 1.08. The molecule has 288 valence electrons. The Morgan fingerprint density at radius 2 is 0.951 bits per heavy atom. The molecule has 2 aliphatic heterocycles. The van der Waals surface area contributed by atoms with Gasteiger partial charge in [-0.2, -0.15) is 0 Å². The second-order valence-corrected chi connectivity index (χ2v) is 16.0. The first-order valence-electron chi connectivity index (χ1n) is 21.0. The molecule has 4 nitrogen and oxygen atoms in total. The summed E-state index contributed by atoms with van der Waals surface area (Å²) in [5, 5.41) is 2.32. The lowest BCUT2D eigenvalue weighted by molar-refractivity contribution is 0.411. The summed E-state index contributed by atoms with van der Waals surface area (Å²) in [5.74, 6) is 3.46. The minimum Gasteiger partial charge on any atom is -0.459 e. The van der Waals surface area contributed by atoms with E-state index in [1.54, 1.807) is 0 Å². The minimum atomic E-state index is -0.104. The Bertz CT molecular complexity index is 3070. The molecule has 12 rings (SSSR count). The van der Waals surface area contributed by atoms with Crippen LogP contribution >= 0.6 is 0 Å². The number of fused-ring (bicyclic) bond motifs is 7. The van der Waals surface area contributed by atoms with Crippen molar-refractivity contribution in [2.75, 3.05) is 9.80 Å². The summed E-state index contributed by atoms with van der Waals surface area (Å²) in [6.07, 6.45) is 11.5. The van der Waals surface area contributed by atoms with Crippen LogP contribution in [0.15, 0.2) is 241 Å². The molecule has 0 spiro atoms. The SMILES string of the molecule is C1=CC2C(N(c3ccccc3)c3cccc(-c4ccccc4)c3)=CC3=C(B4c5c(cccc5Oc5cc(N(c6ccccc6)c6ccccc6)c6ccccc6c54)O3)C2C=C1. The van der Waals surface area contributed by atoms with Crippen molar-refractivity contribution in [3.63, 3.8) is 0 Å². The van der Waals surface area contributed by atoms with Gasteiger partial charge in [0.1, 0.15) is 23.0 Å². The first-order valence-corrected chi connectivity index (χ1v) is 21.0. The molecule has 0 saturated carbocycles. The van der Waals surface area contributed by atoms with Crippen LogP contribution in [0.2, 0.25) is 0 Å². The summed E-state index contributed by atoms with van der Waals surface area (Å²) < 4.78 is 14.2. The zero-order valence-corrected chi connectivity index (χ0v) is 33.3. The van der Waals surface area contributed by atoms with E-state index >= 15 is 0 Å². The fourth-order valence-corrected chi connectivity index (χ4v) is 9.96. The Kier molecular flexibility index (Phi) is 8.37. The van der Waals surface area contributed by atoms with Gasteiger partial charge in [0.2, 0.25) is 0 Å². The summed E-state index contributed by atoms with van der Waals surface area (Å²) >= 11 is 0. The Morgan fingerprint density at radius 1 is 0.410 bits per heavy atom. The highest BCUT2D eigenvalue weighted by atomic mass is 16.5. The maximum Gasteiger partial charge on any atom is 0.257 e. The van der Waals surface area contributed by atoms with Crippen molar-refractivity contribution in [2.45, 2.75) is 0 Å². The molecule has 2 atom stereocenters. The van der Waals surface area contributed by atoms with Gasteiger partial charge in [-0.25, -0.2) is 0 Å². The summed E-state index contributed by atoms with van der Waals surface area (Å²) in [6.45, 7) is -0.104. The molecule has 0 saturated heterocycles. The Labute approximate surface area is 356 Å². The number of allylic oxidation sites excluding steroid dienone is 6. The summed E-state index contributed by atoms with van der Waals surface area (Å²) in [7, 11) is 0. The quantitative estimate of drug-likeness (QED) is 0.150. The number of hydrogen-bond donors (Lipinski definition) is 0. The van der Waals surface area contributed by atoms with Crippen molar-refractivity contribution >= 4 is 56.8 Å². The number of ether oxygens (including phenoxy) is 2. The highest BCUT2D eigenvalue weighted by molar-refractivity contribution is 6.95. The number of hydrogen-bond acceptors (Lipinski definition) is 4. The van der Waals surface area contributed by atoms with Crippen LogP contribution in [-0.2, 0) is 0 Å². The van der Waals surface area contributed by atoms with Gasteiger partial charge in [0.25, 0.3) is 6.71 Å². The average molecular weight is 783 g/mol. The minimum absolute atomic E-state index is 0.0178. The molecule has 2 unspecified atom stereocenters. The van der Waals surface area contributed by atoms with Crippen molar-refractivity contribution < 1.29 is 9.47 Å². The maximum atomic E-state index is 7.11. The molecule has 0 bridgehead atoms. The Hall–Kier alpha value is -7.76. The molecule has 0 fully saturated rings. The molecule has 4 aliphatic rings. The van der Waals surface area contributed by atoms with Crippen molar-refractivity contribution in [1.82, 2.24) is 0 Å². The number of para-hydroxylation sites is 3. The van der Waals surface area contributed by atoms with Gasteiger partial charge in [-0.05, 0) is 88.1 Å². The number of benzene rings is 8. The lowest BCUT2D eigenvalue weighted by Crippen LogP contribution is -2.54. The van der Waals surface area contributed by atoms with Crippen LogP contribution in [0.4, 0.5) is 28.4 Å². The lowest BCUT2D eigenvalue weighted by Gasteiger charge is -2.44. The third-order valence-electron chi connectivity index (χ3n) is 12.5. The van der Waals surface area contributed by atoms with Crippen molar-refractivity contribution in [2.24, 2.45) is 11.8 Å². The normalized spacial score (nSPS) is 16.7. The van der Waals surface area contributed by atoms with Crippen molar-refractivity contribution in [1.29, 1.82) is 0 Å². The van der Waals surface area contributed by atoms with Crippen molar-refractivity contribution in [3.05, 3.63) is 241 Å². The van der Waals surface area contributed by atoms with Gasteiger partial charge in [-0.3, -0.25) is 0 Å². The van der Waals surface area contributed by atoms with Gasteiger partial charge in [-0.1, -0.05) is 152 Å². The largest absolute Gasteiger partial charge is 0.459 e. The molecule has 0 N–H and O–H groups in total. The van der Waals surface area contributed by atoms with Gasteiger partial charge in [0, 0.05) is 63.3 Å². The molecule has 0 aromatic heterocycles. The van der Waals surface area contributed by atoms with Crippen LogP contribution < -0.4 is 30.2 Å². The third-order valence-corrected chi connectivity index (χ3v) is 12.5. The number of nitrogens with zero attached hydrogens (tertiary/aromatic N) is 2. The van der Waals surface area contributed by atoms with E-state index in [1.807, 2.05) is 0 Å². The van der Waals surface area contributed by atoms with Crippen LogP contribution in [0, 0.1) is 11.8 Å². The zero-order valence-electron chi connectivity index (χ0n) is 33.3. The smallest absolute Gasteiger partial charge is 0.257 e. The van der Waals surface area contributed by atoms with E-state index in [9.17, 15) is 0 Å². The van der Waals surface area contributed by atoms with Crippen LogP contribution in [0.5, 0.6) is 17.2 Å². The average Bonchev–Trinajstić information content (AvgIpc) is 3.33. The molecule has 2 heterocycles. The van der Waals surface area contributed by atoms with E-state index in [0.717, 1.165) is 73.4 Å². The van der Waals surface area contributed by atoms with Gasteiger partial charge >= 0.3 is 0 Å². The summed E-state index contributed by atoms with van der Waals surface area (Å²) in [6, 6.07) is 68.8. The maximum absolute atomic E-state index is 7.11. The van der Waals surface area contributed by atoms with E-state index in [4.69, 9.17) is 9.47 Å². The van der Waals surface area contributed by atoms with E-state index in [-0.39, 0.29) is 18.5 Å². The van der Waals surface area contributed by atoms with E-state index in [0.29, 0.717) is 0 Å². The predicted octanol–water partition coefficient (Wildman–Crippen LogP) is 13.0. The molecule has 2 aliphatic carbocycles. The highest BCUT2D eigenvalue weighted by Crippen LogP contribution is 2.50. The van der Waals surface area contributed by atoms with Crippen LogP contribution in [0.1, 0.15) is 0 Å². The number of anilines is 5. The molecular weight excluding hydrogens is 743 g/mol. The Morgan fingerprint density at radius 3 is 1.64 bits per heavy atom. The molecule has 5 heteroatoms. The van der Waals surface area contributed by atoms with Gasteiger partial charge < -0.3 is 19.3 Å². The molecule has 8 aromatic rings. The van der Waals surface area contributed by atoms with Gasteiger partial charge in [0.05, 0.1) is 5.69 Å². The fourth-order valence-electron chi connectivity index (χ4n) is 9.96. The van der Waals surface area contributed by atoms with Gasteiger partial charge in [0.15, 0.2) is 0 Å². The zero-order chi connectivity index (χ0) is 40.3. The van der Waals surface area contributed by atoms with Gasteiger partial charge in [-0.15, -0.1) is 0 Å². The monoisotopic (exact) mass is 782 g/mol. The molecule has 8 aromatic carbocycles. The molecule has 0 amide bonds. The molecule has 0 radical (unpaired) electrons. The van der Waals surface area contributed by atoms with E-state index in [2.05, 4.69) is 234 Å². The first-order chi connectivity index (χ1) is 30.3. The summed E-state index contributed by atoms with van der Waals surface area (Å²) in [4.78, 5) is 4.77. The second-order valence-electron chi connectivity index (χ2n) is 16.0. The standard InChI is InChI=1S/C56H39BN2O2/c1-5-19-38(20-6-1)39-21-17-28-43(35-39)59(42-26-11-4-12-27-42)49-37-53-55(47-32-16-14-30-45(47)49)57-54-46-31-15-13-29-44(46)48(36-52(54)60-50-33-18-34-51(61-53)56(50)57)58(40-22-7-2-8-23-40)41-24-9-3-10-25-41/h1-37,45,47H. The van der Waals surface area contributed by atoms with Crippen LogP contribution in [-0.4, -0.2) is 6.71 Å². The number of rotatable bonds is 7. The third kappa shape index (κ3) is 5.84. The topological polar surface area (TPSA) is 24.9 Å².